The highest BCUT2D eigenvalue weighted by Gasteiger charge is 2.09. The molecular weight excluding hydrogens is 234 g/mol. The first-order chi connectivity index (χ1) is 8.56. The van der Waals surface area contributed by atoms with E-state index in [4.69, 9.17) is 10.5 Å². The Hall–Kier alpha value is -2.63. The minimum Gasteiger partial charge on any atom is -0.438 e. The molecule has 6 nitrogen and oxygen atoms in total. The van der Waals surface area contributed by atoms with E-state index in [1.54, 1.807) is 18.2 Å². The van der Waals surface area contributed by atoms with Gasteiger partial charge >= 0.3 is 0 Å². The van der Waals surface area contributed by atoms with E-state index in [0.717, 1.165) is 5.56 Å². The molecule has 0 aliphatic rings. The molecular formula is C12H11N3O3. The van der Waals surface area contributed by atoms with Gasteiger partial charge in [-0.3, -0.25) is 10.1 Å². The number of nitrogens with two attached hydrogens (primary N) is 1. The normalized spacial score (nSPS) is 10.1. The molecule has 18 heavy (non-hydrogen) atoms. The monoisotopic (exact) mass is 245 g/mol. The van der Waals surface area contributed by atoms with Gasteiger partial charge in [0.1, 0.15) is 5.75 Å². The van der Waals surface area contributed by atoms with E-state index in [1.165, 1.54) is 18.3 Å². The molecule has 0 fully saturated rings. The van der Waals surface area contributed by atoms with Crippen molar-refractivity contribution in [1.29, 1.82) is 0 Å². The number of nitro groups is 1. The number of aromatic nitrogens is 1. The Bertz CT molecular complexity index is 599. The molecule has 1 heterocycles. The molecule has 0 radical (unpaired) electrons. The molecule has 2 rings (SSSR count). The lowest BCUT2D eigenvalue weighted by Crippen LogP contribution is -1.94. The number of nitrogen functional groups attached to an aromatic ring is 1. The molecule has 0 spiro atoms. The summed E-state index contributed by atoms with van der Waals surface area (Å²) < 4.78 is 5.48. The first-order valence-corrected chi connectivity index (χ1v) is 5.20. The Labute approximate surface area is 103 Å². The SMILES string of the molecule is Cc1cc(N)ccc1Oc1cc([N+](=O)[O-])ccn1. The zero-order chi connectivity index (χ0) is 13.1. The first kappa shape index (κ1) is 11.8. The third-order valence-corrected chi connectivity index (χ3v) is 2.34. The molecule has 0 amide bonds. The quantitative estimate of drug-likeness (QED) is 0.510. The van der Waals surface area contributed by atoms with Gasteiger partial charge in [0.15, 0.2) is 0 Å². The van der Waals surface area contributed by atoms with E-state index in [0.29, 0.717) is 11.4 Å². The number of pyridine rings is 1. The van der Waals surface area contributed by atoms with E-state index in [1.807, 2.05) is 6.92 Å². The standard InChI is InChI=1S/C12H11N3O3/c1-8-6-9(13)2-3-11(8)18-12-7-10(15(16)17)4-5-14-12/h2-7H,13H2,1H3. The summed E-state index contributed by atoms with van der Waals surface area (Å²) in [6, 6.07) is 7.73. The Morgan fingerprint density at radius 3 is 2.78 bits per heavy atom. The topological polar surface area (TPSA) is 91.3 Å². The van der Waals surface area contributed by atoms with Gasteiger partial charge in [0.05, 0.1) is 11.0 Å². The van der Waals surface area contributed by atoms with Crippen LogP contribution in [-0.2, 0) is 0 Å². The van der Waals surface area contributed by atoms with Crippen LogP contribution >= 0.6 is 0 Å². The molecule has 0 aliphatic carbocycles. The van der Waals surface area contributed by atoms with Crippen molar-refractivity contribution < 1.29 is 9.66 Å². The molecule has 2 aromatic rings. The van der Waals surface area contributed by atoms with Crippen molar-refractivity contribution >= 4 is 11.4 Å². The van der Waals surface area contributed by atoms with Gasteiger partial charge in [-0.05, 0) is 30.7 Å². The minimum absolute atomic E-state index is 0.0619. The van der Waals surface area contributed by atoms with E-state index in [2.05, 4.69) is 4.98 Å². The fourth-order valence-corrected chi connectivity index (χ4v) is 1.47. The molecule has 0 bridgehead atoms. The molecule has 92 valence electrons. The number of aryl methyl sites for hydroxylation is 1. The van der Waals surface area contributed by atoms with Gasteiger partial charge in [0.2, 0.25) is 5.88 Å². The second-order valence-corrected chi connectivity index (χ2v) is 3.74. The number of nitrogens with zero attached hydrogens (tertiary/aromatic N) is 2. The average Bonchev–Trinajstić information content (AvgIpc) is 2.33. The molecule has 1 aromatic heterocycles. The van der Waals surface area contributed by atoms with Crippen LogP contribution in [0.1, 0.15) is 5.56 Å². The van der Waals surface area contributed by atoms with Crippen molar-refractivity contribution in [3.8, 4) is 11.6 Å². The predicted molar refractivity (Wildman–Crippen MR) is 66.6 cm³/mol. The zero-order valence-electron chi connectivity index (χ0n) is 9.66. The van der Waals surface area contributed by atoms with E-state index in [-0.39, 0.29) is 11.6 Å². The maximum Gasteiger partial charge on any atom is 0.276 e. The van der Waals surface area contributed by atoms with Crippen LogP contribution < -0.4 is 10.5 Å². The van der Waals surface area contributed by atoms with Gasteiger partial charge < -0.3 is 10.5 Å². The van der Waals surface area contributed by atoms with Crippen LogP contribution in [-0.4, -0.2) is 9.91 Å². The first-order valence-electron chi connectivity index (χ1n) is 5.20. The van der Waals surface area contributed by atoms with Crippen molar-refractivity contribution in [3.05, 3.63) is 52.2 Å². The second-order valence-electron chi connectivity index (χ2n) is 3.74. The molecule has 0 atom stereocenters. The molecule has 6 heteroatoms. The summed E-state index contributed by atoms with van der Waals surface area (Å²) in [6.45, 7) is 1.84. The van der Waals surface area contributed by atoms with Crippen LogP contribution in [0.5, 0.6) is 11.6 Å². The maximum atomic E-state index is 10.6. The van der Waals surface area contributed by atoms with E-state index in [9.17, 15) is 10.1 Å². The Kier molecular flexibility index (Phi) is 3.09. The average molecular weight is 245 g/mol. The lowest BCUT2D eigenvalue weighted by atomic mass is 10.2. The van der Waals surface area contributed by atoms with Crippen molar-refractivity contribution in [1.82, 2.24) is 4.98 Å². The van der Waals surface area contributed by atoms with Crippen LogP contribution in [0.2, 0.25) is 0 Å². The zero-order valence-corrected chi connectivity index (χ0v) is 9.66. The fourth-order valence-electron chi connectivity index (χ4n) is 1.47. The maximum absolute atomic E-state index is 10.6. The van der Waals surface area contributed by atoms with Gasteiger partial charge in [0.25, 0.3) is 5.69 Å². The number of rotatable bonds is 3. The molecule has 0 saturated heterocycles. The minimum atomic E-state index is -0.496. The predicted octanol–water partition coefficient (Wildman–Crippen LogP) is 2.67. The number of benzene rings is 1. The van der Waals surface area contributed by atoms with Crippen molar-refractivity contribution in [2.24, 2.45) is 0 Å². The summed E-state index contributed by atoms with van der Waals surface area (Å²) in [5, 5.41) is 10.6. The Morgan fingerprint density at radius 1 is 1.33 bits per heavy atom. The van der Waals surface area contributed by atoms with Gasteiger partial charge in [-0.15, -0.1) is 0 Å². The summed E-state index contributed by atoms with van der Waals surface area (Å²) in [4.78, 5) is 14.0. The molecule has 0 unspecified atom stereocenters. The lowest BCUT2D eigenvalue weighted by molar-refractivity contribution is -0.385. The van der Waals surface area contributed by atoms with Crippen molar-refractivity contribution in [2.75, 3.05) is 5.73 Å². The summed E-state index contributed by atoms with van der Waals surface area (Å²) in [5.74, 6) is 0.745. The highest BCUT2D eigenvalue weighted by Crippen LogP contribution is 2.26. The molecule has 2 N–H and O–H groups in total. The summed E-state index contributed by atoms with van der Waals surface area (Å²) in [7, 11) is 0. The van der Waals surface area contributed by atoms with Crippen LogP contribution in [0.3, 0.4) is 0 Å². The van der Waals surface area contributed by atoms with Crippen molar-refractivity contribution in [3.63, 3.8) is 0 Å². The van der Waals surface area contributed by atoms with Gasteiger partial charge in [-0.25, -0.2) is 4.98 Å². The number of ether oxygens (including phenoxy) is 1. The number of hydrogen-bond donors (Lipinski definition) is 1. The van der Waals surface area contributed by atoms with E-state index < -0.39 is 4.92 Å². The van der Waals surface area contributed by atoms with Gasteiger partial charge in [-0.1, -0.05) is 0 Å². The molecule has 0 aliphatic heterocycles. The smallest absolute Gasteiger partial charge is 0.276 e. The van der Waals surface area contributed by atoms with Crippen LogP contribution in [0.4, 0.5) is 11.4 Å². The highest BCUT2D eigenvalue weighted by molar-refractivity contribution is 5.48. The summed E-state index contributed by atoms with van der Waals surface area (Å²) in [6.07, 6.45) is 1.33. The number of hydrogen-bond acceptors (Lipinski definition) is 5. The highest BCUT2D eigenvalue weighted by atomic mass is 16.6. The van der Waals surface area contributed by atoms with Gasteiger partial charge in [0, 0.05) is 18.0 Å². The van der Waals surface area contributed by atoms with Crippen LogP contribution in [0.15, 0.2) is 36.5 Å². The third kappa shape index (κ3) is 2.54. The molecule has 0 saturated carbocycles. The lowest BCUT2D eigenvalue weighted by Gasteiger charge is -2.07. The number of anilines is 1. The van der Waals surface area contributed by atoms with Gasteiger partial charge in [-0.2, -0.15) is 0 Å². The van der Waals surface area contributed by atoms with Crippen LogP contribution in [0, 0.1) is 17.0 Å². The largest absolute Gasteiger partial charge is 0.438 e. The second kappa shape index (κ2) is 4.70. The Balaban J connectivity index is 2.28. The fraction of sp³-hybridized carbons (Fsp3) is 0.0833. The summed E-state index contributed by atoms with van der Waals surface area (Å²) in [5.41, 5.74) is 7.03. The molecule has 1 aromatic carbocycles. The van der Waals surface area contributed by atoms with Crippen LogP contribution in [0.25, 0.3) is 0 Å². The Morgan fingerprint density at radius 2 is 2.11 bits per heavy atom. The van der Waals surface area contributed by atoms with E-state index >= 15 is 0 Å². The summed E-state index contributed by atoms with van der Waals surface area (Å²) >= 11 is 0. The third-order valence-electron chi connectivity index (χ3n) is 2.34. The van der Waals surface area contributed by atoms with Crippen molar-refractivity contribution in [2.45, 2.75) is 6.92 Å².